The predicted octanol–water partition coefficient (Wildman–Crippen LogP) is 2.89. The molecule has 2 fully saturated rings. The highest BCUT2D eigenvalue weighted by Crippen LogP contribution is 2.37. The molecule has 1 aromatic carbocycles. The Morgan fingerprint density at radius 2 is 1.91 bits per heavy atom. The Hall–Kier alpha value is -1.72. The number of hydrogen-bond donors (Lipinski definition) is 2. The van der Waals surface area contributed by atoms with Gasteiger partial charge in [0.25, 0.3) is 0 Å². The third kappa shape index (κ3) is 2.79. The van der Waals surface area contributed by atoms with Crippen LogP contribution in [0.5, 0.6) is 0 Å². The Bertz CT molecular complexity index is 761. The van der Waals surface area contributed by atoms with Gasteiger partial charge in [-0.3, -0.25) is 14.9 Å². The molecule has 1 unspecified atom stereocenters. The highest BCUT2D eigenvalue weighted by atomic mass is 32.1. The van der Waals surface area contributed by atoms with Crippen LogP contribution in [0.4, 0.5) is 0 Å². The van der Waals surface area contributed by atoms with Crippen LogP contribution in [0.15, 0.2) is 23.6 Å². The van der Waals surface area contributed by atoms with Gasteiger partial charge < -0.3 is 5.32 Å². The largest absolute Gasteiger partial charge is 0.317 e. The van der Waals surface area contributed by atoms with Crippen molar-refractivity contribution in [3.63, 3.8) is 0 Å². The van der Waals surface area contributed by atoms with Crippen molar-refractivity contribution in [1.82, 2.24) is 10.6 Å². The van der Waals surface area contributed by atoms with Crippen molar-refractivity contribution >= 4 is 33.2 Å². The smallest absolute Gasteiger partial charge is 0.234 e. The van der Waals surface area contributed by atoms with Gasteiger partial charge in [0.15, 0.2) is 0 Å². The van der Waals surface area contributed by atoms with Crippen molar-refractivity contribution in [2.45, 2.75) is 37.5 Å². The first-order valence-corrected chi connectivity index (χ1v) is 9.16. The number of fused-ring (bicyclic) bond motifs is 1. The van der Waals surface area contributed by atoms with Crippen LogP contribution in [0.1, 0.15) is 48.6 Å². The first-order valence-electron chi connectivity index (χ1n) is 8.28. The van der Waals surface area contributed by atoms with Gasteiger partial charge in [-0.25, -0.2) is 0 Å². The molecule has 4 nitrogen and oxygen atoms in total. The summed E-state index contributed by atoms with van der Waals surface area (Å²) in [5.74, 6) is 0.148. The average molecular weight is 328 g/mol. The van der Waals surface area contributed by atoms with E-state index < -0.39 is 0 Å². The van der Waals surface area contributed by atoms with E-state index in [4.69, 9.17) is 0 Å². The predicted molar refractivity (Wildman–Crippen MR) is 91.8 cm³/mol. The van der Waals surface area contributed by atoms with Crippen molar-refractivity contribution < 1.29 is 9.59 Å². The zero-order valence-electron chi connectivity index (χ0n) is 12.9. The highest BCUT2D eigenvalue weighted by Gasteiger charge is 2.29. The maximum atomic E-state index is 12.1. The molecule has 0 aliphatic carbocycles. The van der Waals surface area contributed by atoms with Crippen LogP contribution in [0.25, 0.3) is 10.1 Å². The zero-order valence-corrected chi connectivity index (χ0v) is 13.7. The second-order valence-corrected chi connectivity index (χ2v) is 7.39. The number of imide groups is 1. The van der Waals surface area contributed by atoms with E-state index in [-0.39, 0.29) is 17.7 Å². The summed E-state index contributed by atoms with van der Waals surface area (Å²) in [7, 11) is 0. The molecule has 0 radical (unpaired) electrons. The lowest BCUT2D eigenvalue weighted by Crippen LogP contribution is -2.39. The van der Waals surface area contributed by atoms with Crippen molar-refractivity contribution in [2.75, 3.05) is 13.1 Å². The Balaban J connectivity index is 1.65. The van der Waals surface area contributed by atoms with Crippen LogP contribution in [0.2, 0.25) is 0 Å². The minimum absolute atomic E-state index is 0.150. The fourth-order valence-electron chi connectivity index (χ4n) is 3.73. The van der Waals surface area contributed by atoms with Crippen LogP contribution in [-0.4, -0.2) is 24.9 Å². The van der Waals surface area contributed by atoms with E-state index in [1.54, 1.807) is 11.3 Å². The van der Waals surface area contributed by atoms with Crippen molar-refractivity contribution in [3.8, 4) is 0 Å². The number of amides is 2. The second kappa shape index (κ2) is 6.06. The number of benzene rings is 1. The summed E-state index contributed by atoms with van der Waals surface area (Å²) < 4.78 is 1.25. The fraction of sp³-hybridized carbons (Fsp3) is 0.444. The first-order chi connectivity index (χ1) is 11.2. The lowest BCUT2D eigenvalue weighted by atomic mass is 9.87. The molecule has 0 spiro atoms. The lowest BCUT2D eigenvalue weighted by molar-refractivity contribution is -0.134. The van der Waals surface area contributed by atoms with E-state index in [0.717, 1.165) is 18.7 Å². The number of piperidine rings is 2. The number of thiophene rings is 1. The van der Waals surface area contributed by atoms with Crippen LogP contribution in [-0.2, 0) is 9.59 Å². The summed E-state index contributed by atoms with van der Waals surface area (Å²) >= 11 is 1.71. The maximum Gasteiger partial charge on any atom is 0.234 e. The van der Waals surface area contributed by atoms with Crippen LogP contribution >= 0.6 is 11.3 Å². The van der Waals surface area contributed by atoms with Gasteiger partial charge in [0.2, 0.25) is 11.8 Å². The molecule has 4 rings (SSSR count). The molecular formula is C18H20N2O2S. The summed E-state index contributed by atoms with van der Waals surface area (Å²) in [5, 5.41) is 9.14. The SMILES string of the molecule is O=C1CCC(c2csc3cc(C4CCNCC4)ccc23)C(=O)N1. The monoisotopic (exact) mass is 328 g/mol. The van der Waals surface area contributed by atoms with Crippen LogP contribution in [0, 0.1) is 0 Å². The molecule has 23 heavy (non-hydrogen) atoms. The minimum Gasteiger partial charge on any atom is -0.317 e. The Morgan fingerprint density at radius 3 is 2.70 bits per heavy atom. The van der Waals surface area contributed by atoms with Gasteiger partial charge in [-0.2, -0.15) is 0 Å². The molecule has 3 heterocycles. The zero-order chi connectivity index (χ0) is 15.8. The van der Waals surface area contributed by atoms with Gasteiger partial charge in [-0.15, -0.1) is 11.3 Å². The molecule has 120 valence electrons. The fourth-order valence-corrected chi connectivity index (χ4v) is 4.80. The number of rotatable bonds is 2. The average Bonchev–Trinajstić information content (AvgIpc) is 2.99. The minimum atomic E-state index is -0.189. The molecule has 5 heteroatoms. The van der Waals surface area contributed by atoms with E-state index in [0.29, 0.717) is 18.8 Å². The Labute approximate surface area is 139 Å². The molecule has 2 aliphatic heterocycles. The molecule has 0 saturated carbocycles. The van der Waals surface area contributed by atoms with Gasteiger partial charge in [0.05, 0.1) is 5.92 Å². The summed E-state index contributed by atoms with van der Waals surface area (Å²) in [4.78, 5) is 23.5. The standard InChI is InChI=1S/C18H20N2O2S/c21-17-4-3-14(18(22)20-17)15-10-23-16-9-12(1-2-13(15)16)11-5-7-19-8-6-11/h1-2,9-11,14,19H,3-8H2,(H,20,21,22). The normalized spacial score (nSPS) is 23.2. The first kappa shape index (κ1) is 14.8. The number of carbonyl (C=O) groups is 2. The molecule has 2 N–H and O–H groups in total. The third-order valence-corrected chi connectivity index (χ3v) is 6.02. The van der Waals surface area contributed by atoms with E-state index >= 15 is 0 Å². The van der Waals surface area contributed by atoms with Crippen LogP contribution in [0.3, 0.4) is 0 Å². The van der Waals surface area contributed by atoms with E-state index in [1.807, 2.05) is 0 Å². The van der Waals surface area contributed by atoms with Gasteiger partial charge in [-0.05, 0) is 66.2 Å². The van der Waals surface area contributed by atoms with Crippen LogP contribution < -0.4 is 10.6 Å². The second-order valence-electron chi connectivity index (χ2n) is 6.47. The molecule has 1 aromatic heterocycles. The van der Waals surface area contributed by atoms with Crippen molar-refractivity contribution in [1.29, 1.82) is 0 Å². The molecule has 2 amide bonds. The Morgan fingerprint density at radius 1 is 1.09 bits per heavy atom. The third-order valence-electron chi connectivity index (χ3n) is 5.05. The molecule has 1 atom stereocenters. The van der Waals surface area contributed by atoms with Gasteiger partial charge >= 0.3 is 0 Å². The Kier molecular flexibility index (Phi) is 3.91. The molecule has 2 aromatic rings. The summed E-state index contributed by atoms with van der Waals surface area (Å²) in [6.07, 6.45) is 3.43. The van der Waals surface area contributed by atoms with Gasteiger partial charge in [0.1, 0.15) is 0 Å². The summed E-state index contributed by atoms with van der Waals surface area (Å²) in [5.41, 5.74) is 2.49. The topological polar surface area (TPSA) is 58.2 Å². The summed E-state index contributed by atoms with van der Waals surface area (Å²) in [6.45, 7) is 2.18. The van der Waals surface area contributed by atoms with Gasteiger partial charge in [-0.1, -0.05) is 12.1 Å². The molecule has 2 aliphatic rings. The highest BCUT2D eigenvalue weighted by molar-refractivity contribution is 7.17. The maximum absolute atomic E-state index is 12.1. The quantitative estimate of drug-likeness (QED) is 0.834. The number of hydrogen-bond acceptors (Lipinski definition) is 4. The molecule has 0 bridgehead atoms. The number of nitrogens with one attached hydrogen (secondary N) is 2. The van der Waals surface area contributed by atoms with E-state index in [2.05, 4.69) is 34.2 Å². The number of carbonyl (C=O) groups excluding carboxylic acids is 2. The van der Waals surface area contributed by atoms with Crippen molar-refractivity contribution in [3.05, 3.63) is 34.7 Å². The lowest BCUT2D eigenvalue weighted by Gasteiger charge is -2.23. The molecule has 2 saturated heterocycles. The van der Waals surface area contributed by atoms with E-state index in [9.17, 15) is 9.59 Å². The van der Waals surface area contributed by atoms with Crippen molar-refractivity contribution in [2.24, 2.45) is 0 Å². The van der Waals surface area contributed by atoms with Gasteiger partial charge in [0, 0.05) is 11.1 Å². The van der Waals surface area contributed by atoms with E-state index in [1.165, 1.54) is 28.5 Å². The summed E-state index contributed by atoms with van der Waals surface area (Å²) in [6, 6.07) is 6.69. The molecular weight excluding hydrogens is 308 g/mol.